The van der Waals surface area contributed by atoms with Crippen molar-refractivity contribution < 1.29 is 4.74 Å². The van der Waals surface area contributed by atoms with Gasteiger partial charge in [0, 0.05) is 25.8 Å². The fourth-order valence-electron chi connectivity index (χ4n) is 1.96. The standard InChI is InChI=1S/C11H16N4OS/c1-7-6-9(16-2)15(11(17)14-7)8-4-3-5-13-10(8)12/h3-5,7,9H,6H2,1-2H3,(H2,12,13)(H,14,17). The number of rotatable bonds is 2. The van der Waals surface area contributed by atoms with Crippen molar-refractivity contribution in [3.8, 4) is 0 Å². The average molecular weight is 252 g/mol. The normalized spacial score (nSPS) is 24.6. The molecular weight excluding hydrogens is 236 g/mol. The number of ether oxygens (including phenoxy) is 1. The molecule has 17 heavy (non-hydrogen) atoms. The van der Waals surface area contributed by atoms with E-state index >= 15 is 0 Å². The summed E-state index contributed by atoms with van der Waals surface area (Å²) in [7, 11) is 1.67. The second kappa shape index (κ2) is 4.85. The molecule has 5 nitrogen and oxygen atoms in total. The molecule has 1 aromatic heterocycles. The fourth-order valence-corrected chi connectivity index (χ4v) is 2.37. The van der Waals surface area contributed by atoms with Gasteiger partial charge < -0.3 is 15.8 Å². The van der Waals surface area contributed by atoms with E-state index in [0.29, 0.717) is 17.0 Å². The van der Waals surface area contributed by atoms with E-state index < -0.39 is 0 Å². The van der Waals surface area contributed by atoms with Crippen LogP contribution in [0.1, 0.15) is 13.3 Å². The van der Waals surface area contributed by atoms with Gasteiger partial charge in [-0.2, -0.15) is 0 Å². The zero-order valence-electron chi connectivity index (χ0n) is 9.88. The van der Waals surface area contributed by atoms with E-state index in [2.05, 4.69) is 17.2 Å². The first kappa shape index (κ1) is 12.1. The number of nitrogens with two attached hydrogens (primary N) is 1. The Labute approximate surface area is 106 Å². The van der Waals surface area contributed by atoms with Crippen LogP contribution in [0.25, 0.3) is 0 Å². The van der Waals surface area contributed by atoms with E-state index in [1.54, 1.807) is 13.3 Å². The van der Waals surface area contributed by atoms with Gasteiger partial charge in [-0.05, 0) is 31.3 Å². The molecule has 0 aliphatic carbocycles. The third-order valence-corrected chi connectivity index (χ3v) is 3.09. The molecule has 0 radical (unpaired) electrons. The highest BCUT2D eigenvalue weighted by molar-refractivity contribution is 7.80. The van der Waals surface area contributed by atoms with E-state index in [4.69, 9.17) is 22.7 Å². The van der Waals surface area contributed by atoms with Crippen LogP contribution in [0.4, 0.5) is 11.5 Å². The molecule has 2 unspecified atom stereocenters. The largest absolute Gasteiger partial charge is 0.382 e. The Morgan fingerprint density at radius 2 is 2.41 bits per heavy atom. The summed E-state index contributed by atoms with van der Waals surface area (Å²) in [4.78, 5) is 5.94. The Balaban J connectivity index is 2.35. The van der Waals surface area contributed by atoms with Gasteiger partial charge in [0.25, 0.3) is 0 Å². The minimum Gasteiger partial charge on any atom is -0.382 e. The topological polar surface area (TPSA) is 63.4 Å². The van der Waals surface area contributed by atoms with Crippen LogP contribution in [0.2, 0.25) is 0 Å². The zero-order chi connectivity index (χ0) is 12.4. The first-order valence-electron chi connectivity index (χ1n) is 5.46. The molecule has 0 saturated carbocycles. The van der Waals surface area contributed by atoms with Crippen LogP contribution >= 0.6 is 12.2 Å². The van der Waals surface area contributed by atoms with Crippen LogP contribution in [0.15, 0.2) is 18.3 Å². The summed E-state index contributed by atoms with van der Waals surface area (Å²) in [6.07, 6.45) is 2.39. The van der Waals surface area contributed by atoms with Crippen molar-refractivity contribution in [2.75, 3.05) is 17.7 Å². The summed E-state index contributed by atoms with van der Waals surface area (Å²) in [6.45, 7) is 2.07. The van der Waals surface area contributed by atoms with Crippen molar-refractivity contribution in [2.45, 2.75) is 25.6 Å². The van der Waals surface area contributed by atoms with Crippen molar-refractivity contribution in [1.82, 2.24) is 10.3 Å². The van der Waals surface area contributed by atoms with E-state index in [1.807, 2.05) is 17.0 Å². The van der Waals surface area contributed by atoms with Gasteiger partial charge in [0.05, 0.1) is 5.69 Å². The number of nitrogens with zero attached hydrogens (tertiary/aromatic N) is 2. The Bertz CT molecular complexity index is 426. The van der Waals surface area contributed by atoms with Gasteiger partial charge in [0.1, 0.15) is 12.0 Å². The highest BCUT2D eigenvalue weighted by Gasteiger charge is 2.31. The highest BCUT2D eigenvalue weighted by atomic mass is 32.1. The molecule has 3 N–H and O–H groups in total. The molecule has 0 bridgehead atoms. The predicted octanol–water partition coefficient (Wildman–Crippen LogP) is 1.11. The van der Waals surface area contributed by atoms with E-state index in [-0.39, 0.29) is 6.23 Å². The van der Waals surface area contributed by atoms with E-state index in [0.717, 1.165) is 12.1 Å². The van der Waals surface area contributed by atoms with Crippen LogP contribution in [0.5, 0.6) is 0 Å². The van der Waals surface area contributed by atoms with Gasteiger partial charge in [0.2, 0.25) is 0 Å². The summed E-state index contributed by atoms with van der Waals surface area (Å²) in [5.41, 5.74) is 6.65. The third-order valence-electron chi connectivity index (χ3n) is 2.78. The molecule has 0 aromatic carbocycles. The summed E-state index contributed by atoms with van der Waals surface area (Å²) in [6, 6.07) is 4.01. The molecule has 1 fully saturated rings. The maximum absolute atomic E-state index is 5.87. The number of aromatic nitrogens is 1. The van der Waals surface area contributed by atoms with Gasteiger partial charge in [-0.3, -0.25) is 4.90 Å². The molecular formula is C11H16N4OS. The number of anilines is 2. The molecule has 1 aliphatic heterocycles. The van der Waals surface area contributed by atoms with E-state index in [9.17, 15) is 0 Å². The zero-order valence-corrected chi connectivity index (χ0v) is 10.7. The number of hydrogen-bond acceptors (Lipinski definition) is 4. The monoisotopic (exact) mass is 252 g/mol. The van der Waals surface area contributed by atoms with Crippen LogP contribution < -0.4 is 16.0 Å². The molecule has 6 heteroatoms. The number of nitrogen functional groups attached to an aromatic ring is 1. The Hall–Kier alpha value is -1.40. The molecule has 0 spiro atoms. The smallest absolute Gasteiger partial charge is 0.175 e. The molecule has 0 amide bonds. The summed E-state index contributed by atoms with van der Waals surface area (Å²) in [5.74, 6) is 0.452. The van der Waals surface area contributed by atoms with Crippen LogP contribution in [-0.2, 0) is 4.74 Å². The average Bonchev–Trinajstić information content (AvgIpc) is 2.29. The number of thiocarbonyl (C=S) groups is 1. The Kier molecular flexibility index (Phi) is 3.44. The lowest BCUT2D eigenvalue weighted by atomic mass is 10.1. The maximum atomic E-state index is 5.87. The van der Waals surface area contributed by atoms with Crippen molar-refractivity contribution in [3.63, 3.8) is 0 Å². The van der Waals surface area contributed by atoms with Gasteiger partial charge in [0.15, 0.2) is 5.11 Å². The number of nitrogens with one attached hydrogen (secondary N) is 1. The molecule has 1 aromatic rings. The molecule has 92 valence electrons. The van der Waals surface area contributed by atoms with Crippen LogP contribution in [0.3, 0.4) is 0 Å². The van der Waals surface area contributed by atoms with Gasteiger partial charge in [-0.1, -0.05) is 0 Å². The SMILES string of the molecule is COC1CC(C)NC(=S)N1c1cccnc1N. The number of methoxy groups -OCH3 is 1. The quantitative estimate of drug-likeness (QED) is 0.769. The molecule has 1 aliphatic rings. The highest BCUT2D eigenvalue weighted by Crippen LogP contribution is 2.27. The minimum atomic E-state index is -0.106. The van der Waals surface area contributed by atoms with Crippen LogP contribution in [-0.4, -0.2) is 29.5 Å². The first-order chi connectivity index (χ1) is 8.13. The Morgan fingerprint density at radius 3 is 3.06 bits per heavy atom. The molecule has 2 heterocycles. The van der Waals surface area contributed by atoms with Crippen molar-refractivity contribution in [1.29, 1.82) is 0 Å². The lowest BCUT2D eigenvalue weighted by molar-refractivity contribution is 0.0893. The molecule has 1 saturated heterocycles. The predicted molar refractivity (Wildman–Crippen MR) is 71.7 cm³/mol. The van der Waals surface area contributed by atoms with Gasteiger partial charge in [-0.15, -0.1) is 0 Å². The summed E-state index contributed by atoms with van der Waals surface area (Å²) in [5, 5.41) is 3.83. The lowest BCUT2D eigenvalue weighted by Gasteiger charge is -2.40. The van der Waals surface area contributed by atoms with Crippen molar-refractivity contribution in [3.05, 3.63) is 18.3 Å². The van der Waals surface area contributed by atoms with E-state index in [1.165, 1.54) is 0 Å². The second-order valence-electron chi connectivity index (χ2n) is 4.05. The van der Waals surface area contributed by atoms with Gasteiger partial charge >= 0.3 is 0 Å². The lowest BCUT2D eigenvalue weighted by Crippen LogP contribution is -2.56. The molecule has 2 atom stereocenters. The summed E-state index contributed by atoms with van der Waals surface area (Å²) < 4.78 is 5.47. The molecule has 2 rings (SSSR count). The maximum Gasteiger partial charge on any atom is 0.175 e. The van der Waals surface area contributed by atoms with Gasteiger partial charge in [-0.25, -0.2) is 4.98 Å². The van der Waals surface area contributed by atoms with Crippen molar-refractivity contribution >= 4 is 28.8 Å². The Morgan fingerprint density at radius 1 is 1.65 bits per heavy atom. The number of hydrogen-bond donors (Lipinski definition) is 2. The fraction of sp³-hybridized carbons (Fsp3) is 0.455. The third kappa shape index (κ3) is 2.32. The second-order valence-corrected chi connectivity index (χ2v) is 4.44. The number of pyridine rings is 1. The first-order valence-corrected chi connectivity index (χ1v) is 5.87. The minimum absolute atomic E-state index is 0.106. The summed E-state index contributed by atoms with van der Waals surface area (Å²) >= 11 is 5.34. The van der Waals surface area contributed by atoms with Crippen LogP contribution in [0, 0.1) is 0 Å². The van der Waals surface area contributed by atoms with Crippen molar-refractivity contribution in [2.24, 2.45) is 0 Å².